The van der Waals surface area contributed by atoms with Crippen molar-refractivity contribution in [2.75, 3.05) is 18.6 Å². The Kier molecular flexibility index (Phi) is 5.92. The molecule has 2 aromatic carbocycles. The Morgan fingerprint density at radius 3 is 2.76 bits per heavy atom. The molecule has 4 rings (SSSR count). The zero-order valence-electron chi connectivity index (χ0n) is 16.6. The minimum absolute atomic E-state index is 0.0433. The number of anilines is 1. The molecule has 0 bridgehead atoms. The molecule has 29 heavy (non-hydrogen) atoms. The molecule has 0 N–H and O–H groups in total. The van der Waals surface area contributed by atoms with Crippen LogP contribution in [0.2, 0.25) is 0 Å². The van der Waals surface area contributed by atoms with E-state index in [1.165, 1.54) is 16.9 Å². The van der Waals surface area contributed by atoms with Gasteiger partial charge in [-0.2, -0.15) is 0 Å². The molecule has 1 aliphatic rings. The molecule has 3 aromatic rings. The molecular formula is C23H24N2O3S. The number of carbonyl (C=O) groups excluding carboxylic acids is 1. The van der Waals surface area contributed by atoms with Gasteiger partial charge in [0.05, 0.1) is 19.3 Å². The van der Waals surface area contributed by atoms with Crippen molar-refractivity contribution in [3.63, 3.8) is 0 Å². The summed E-state index contributed by atoms with van der Waals surface area (Å²) in [6, 6.07) is 16.0. The van der Waals surface area contributed by atoms with E-state index in [4.69, 9.17) is 14.5 Å². The van der Waals surface area contributed by atoms with Crippen LogP contribution in [0.15, 0.2) is 53.9 Å². The molecule has 1 fully saturated rings. The van der Waals surface area contributed by atoms with Crippen molar-refractivity contribution in [2.24, 2.45) is 0 Å². The number of hydrogen-bond acceptors (Lipinski definition) is 5. The van der Waals surface area contributed by atoms with Crippen LogP contribution >= 0.6 is 11.3 Å². The molecule has 6 heteroatoms. The smallest absolute Gasteiger partial charge is 0.258 e. The highest BCUT2D eigenvalue weighted by atomic mass is 32.1. The number of amides is 1. The van der Waals surface area contributed by atoms with Gasteiger partial charge in [0, 0.05) is 23.1 Å². The van der Waals surface area contributed by atoms with Crippen LogP contribution in [0.4, 0.5) is 5.13 Å². The highest BCUT2D eigenvalue weighted by Gasteiger charge is 2.31. The minimum Gasteiger partial charge on any atom is -0.496 e. The van der Waals surface area contributed by atoms with E-state index >= 15 is 0 Å². The lowest BCUT2D eigenvalue weighted by molar-refractivity contribution is -0.127. The third kappa shape index (κ3) is 4.33. The third-order valence-electron chi connectivity index (χ3n) is 5.06. The summed E-state index contributed by atoms with van der Waals surface area (Å²) in [7, 11) is 1.64. The maximum Gasteiger partial charge on any atom is 0.258 e. The number of thiazole rings is 1. The standard InChI is InChI=1S/C23H24N2O3S/c1-16-9-11-17(12-10-16)19-15-29-23(24-19)25(22(26)21-8-5-13-28-21)14-18-6-3-4-7-20(18)27-2/h3-4,6-7,9-12,15,21H,5,8,13-14H2,1-2H3/t21-/m0/s1. The van der Waals surface area contributed by atoms with Crippen LogP contribution in [0.3, 0.4) is 0 Å². The number of aromatic nitrogens is 1. The van der Waals surface area contributed by atoms with Crippen molar-refractivity contribution in [2.45, 2.75) is 32.4 Å². The van der Waals surface area contributed by atoms with E-state index in [0.29, 0.717) is 18.3 Å². The number of aryl methyl sites for hydroxylation is 1. The van der Waals surface area contributed by atoms with Crippen molar-refractivity contribution in [3.05, 3.63) is 65.0 Å². The first kappa shape index (κ1) is 19.6. The van der Waals surface area contributed by atoms with Gasteiger partial charge in [-0.25, -0.2) is 4.98 Å². The van der Waals surface area contributed by atoms with E-state index in [2.05, 4.69) is 31.2 Å². The Balaban J connectivity index is 1.66. The Labute approximate surface area is 174 Å². The van der Waals surface area contributed by atoms with Crippen LogP contribution in [-0.2, 0) is 16.1 Å². The van der Waals surface area contributed by atoms with Gasteiger partial charge in [-0.3, -0.25) is 9.69 Å². The molecule has 1 atom stereocenters. The number of para-hydroxylation sites is 1. The average Bonchev–Trinajstić information content (AvgIpc) is 3.45. The number of rotatable bonds is 6. The van der Waals surface area contributed by atoms with Gasteiger partial charge in [-0.05, 0) is 25.8 Å². The molecule has 1 saturated heterocycles. The second-order valence-electron chi connectivity index (χ2n) is 7.12. The Bertz CT molecular complexity index is 978. The molecule has 150 valence electrons. The van der Waals surface area contributed by atoms with E-state index in [0.717, 1.165) is 35.4 Å². The van der Waals surface area contributed by atoms with Crippen molar-refractivity contribution < 1.29 is 14.3 Å². The second kappa shape index (κ2) is 8.76. The largest absolute Gasteiger partial charge is 0.496 e. The predicted molar refractivity (Wildman–Crippen MR) is 115 cm³/mol. The Morgan fingerprint density at radius 1 is 1.24 bits per heavy atom. The molecule has 0 radical (unpaired) electrons. The van der Waals surface area contributed by atoms with Crippen LogP contribution in [0.1, 0.15) is 24.0 Å². The van der Waals surface area contributed by atoms with E-state index in [1.807, 2.05) is 29.6 Å². The van der Waals surface area contributed by atoms with Crippen molar-refractivity contribution in [1.82, 2.24) is 4.98 Å². The van der Waals surface area contributed by atoms with E-state index in [9.17, 15) is 4.79 Å². The molecule has 0 unspecified atom stereocenters. The molecule has 1 amide bonds. The van der Waals surface area contributed by atoms with Crippen LogP contribution in [-0.4, -0.2) is 30.7 Å². The maximum absolute atomic E-state index is 13.3. The monoisotopic (exact) mass is 408 g/mol. The first-order valence-corrected chi connectivity index (χ1v) is 10.6. The van der Waals surface area contributed by atoms with Gasteiger partial charge in [-0.1, -0.05) is 48.0 Å². The summed E-state index contributed by atoms with van der Waals surface area (Å²) >= 11 is 1.47. The lowest BCUT2D eigenvalue weighted by atomic mass is 10.1. The fourth-order valence-electron chi connectivity index (χ4n) is 3.44. The quantitative estimate of drug-likeness (QED) is 0.586. The summed E-state index contributed by atoms with van der Waals surface area (Å²) in [6.07, 6.45) is 1.25. The van der Waals surface area contributed by atoms with Gasteiger partial charge in [0.1, 0.15) is 11.9 Å². The number of carbonyl (C=O) groups is 1. The number of nitrogens with zero attached hydrogens (tertiary/aromatic N) is 2. The molecule has 0 spiro atoms. The molecule has 2 heterocycles. The van der Waals surface area contributed by atoms with Gasteiger partial charge in [0.2, 0.25) is 0 Å². The molecule has 5 nitrogen and oxygen atoms in total. The zero-order valence-corrected chi connectivity index (χ0v) is 17.4. The highest BCUT2D eigenvalue weighted by molar-refractivity contribution is 7.14. The fourth-order valence-corrected chi connectivity index (χ4v) is 4.27. The first-order chi connectivity index (χ1) is 14.2. The summed E-state index contributed by atoms with van der Waals surface area (Å²) < 4.78 is 11.2. The average molecular weight is 409 g/mol. The first-order valence-electron chi connectivity index (χ1n) is 9.73. The normalized spacial score (nSPS) is 16.0. The number of methoxy groups -OCH3 is 1. The van der Waals surface area contributed by atoms with Crippen molar-refractivity contribution >= 4 is 22.4 Å². The van der Waals surface area contributed by atoms with Crippen LogP contribution in [0.5, 0.6) is 5.75 Å². The SMILES string of the molecule is COc1ccccc1CN(C(=O)[C@@H]1CCCO1)c1nc(-c2ccc(C)cc2)cs1. The van der Waals surface area contributed by atoms with Gasteiger partial charge in [0.15, 0.2) is 5.13 Å². The predicted octanol–water partition coefficient (Wildman–Crippen LogP) is 4.84. The van der Waals surface area contributed by atoms with Crippen molar-refractivity contribution in [1.29, 1.82) is 0 Å². The minimum atomic E-state index is -0.406. The molecule has 1 aromatic heterocycles. The summed E-state index contributed by atoms with van der Waals surface area (Å²) in [6.45, 7) is 3.08. The summed E-state index contributed by atoms with van der Waals surface area (Å²) in [5.74, 6) is 0.714. The molecule has 0 aliphatic carbocycles. The molecule has 1 aliphatic heterocycles. The highest BCUT2D eigenvalue weighted by Crippen LogP contribution is 2.31. The van der Waals surface area contributed by atoms with E-state index < -0.39 is 6.10 Å². The Morgan fingerprint density at radius 2 is 2.03 bits per heavy atom. The lowest BCUT2D eigenvalue weighted by Gasteiger charge is -2.23. The van der Waals surface area contributed by atoms with Crippen LogP contribution in [0.25, 0.3) is 11.3 Å². The second-order valence-corrected chi connectivity index (χ2v) is 7.96. The number of benzene rings is 2. The summed E-state index contributed by atoms with van der Waals surface area (Å²) in [5, 5.41) is 2.67. The van der Waals surface area contributed by atoms with Crippen molar-refractivity contribution in [3.8, 4) is 17.0 Å². The Hall–Kier alpha value is -2.70. The van der Waals surface area contributed by atoms with Gasteiger partial charge in [-0.15, -0.1) is 11.3 Å². The fraction of sp³-hybridized carbons (Fsp3) is 0.304. The maximum atomic E-state index is 13.3. The zero-order chi connectivity index (χ0) is 20.2. The van der Waals surface area contributed by atoms with Gasteiger partial charge < -0.3 is 9.47 Å². The number of hydrogen-bond donors (Lipinski definition) is 0. The summed E-state index contributed by atoms with van der Waals surface area (Å²) in [4.78, 5) is 19.8. The van der Waals surface area contributed by atoms with E-state index in [1.54, 1.807) is 12.0 Å². The lowest BCUT2D eigenvalue weighted by Crippen LogP contribution is -2.38. The van der Waals surface area contributed by atoms with Crippen LogP contribution in [0, 0.1) is 6.92 Å². The van der Waals surface area contributed by atoms with Gasteiger partial charge in [0.25, 0.3) is 5.91 Å². The summed E-state index contributed by atoms with van der Waals surface area (Å²) in [5.41, 5.74) is 4.05. The topological polar surface area (TPSA) is 51.7 Å². The third-order valence-corrected chi connectivity index (χ3v) is 5.93. The van der Waals surface area contributed by atoms with Crippen LogP contribution < -0.4 is 9.64 Å². The number of ether oxygens (including phenoxy) is 2. The van der Waals surface area contributed by atoms with E-state index in [-0.39, 0.29) is 5.91 Å². The molecule has 0 saturated carbocycles. The molecular weight excluding hydrogens is 384 g/mol. The van der Waals surface area contributed by atoms with Gasteiger partial charge >= 0.3 is 0 Å².